The third-order valence-electron chi connectivity index (χ3n) is 3.43. The van der Waals surface area contributed by atoms with Gasteiger partial charge in [-0.15, -0.1) is 24.0 Å². The number of likely N-dealkylation sites (N-methyl/N-ethyl adjacent to an activating group) is 1. The van der Waals surface area contributed by atoms with Gasteiger partial charge in [-0.1, -0.05) is 6.92 Å². The number of nitrogens with zero attached hydrogens (tertiary/aromatic N) is 4. The highest BCUT2D eigenvalue weighted by atomic mass is 127. The number of guanidine groups is 1. The number of hydrogen-bond acceptors (Lipinski definition) is 2. The molecule has 0 saturated carbocycles. The van der Waals surface area contributed by atoms with Gasteiger partial charge in [0.2, 0.25) is 0 Å². The fraction of sp³-hybridized carbons (Fsp3) is 0.667. The van der Waals surface area contributed by atoms with Gasteiger partial charge >= 0.3 is 0 Å². The zero-order valence-corrected chi connectivity index (χ0v) is 16.3. The molecule has 0 fully saturated rings. The predicted octanol–water partition coefficient (Wildman–Crippen LogP) is 1.99. The molecule has 1 aromatic rings. The van der Waals surface area contributed by atoms with Crippen molar-refractivity contribution in [2.24, 2.45) is 12.0 Å². The Bertz CT molecular complexity index is 416. The Morgan fingerprint density at radius 1 is 1.33 bits per heavy atom. The average molecular weight is 407 g/mol. The minimum atomic E-state index is 0. The summed E-state index contributed by atoms with van der Waals surface area (Å²) in [6.07, 6.45) is 2.07. The molecule has 1 N–H and O–H groups in total. The van der Waals surface area contributed by atoms with Gasteiger partial charge in [0.25, 0.3) is 0 Å². The summed E-state index contributed by atoms with van der Waals surface area (Å²) in [5.41, 5.74) is 1.28. The van der Waals surface area contributed by atoms with E-state index in [9.17, 15) is 0 Å². The van der Waals surface area contributed by atoms with E-state index in [0.29, 0.717) is 0 Å². The second kappa shape index (κ2) is 10.9. The molecule has 1 aromatic heterocycles. The van der Waals surface area contributed by atoms with E-state index >= 15 is 0 Å². The van der Waals surface area contributed by atoms with Crippen molar-refractivity contribution in [1.82, 2.24) is 19.7 Å². The fourth-order valence-electron chi connectivity index (χ4n) is 1.93. The van der Waals surface area contributed by atoms with E-state index in [0.717, 1.165) is 38.7 Å². The smallest absolute Gasteiger partial charge is 0.194 e. The minimum Gasteiger partial charge on any atom is -0.357 e. The van der Waals surface area contributed by atoms with Crippen molar-refractivity contribution in [2.75, 3.05) is 40.3 Å². The number of rotatable bonds is 7. The lowest BCUT2D eigenvalue weighted by molar-refractivity contribution is 0.361. The molecule has 0 aromatic carbocycles. The summed E-state index contributed by atoms with van der Waals surface area (Å²) >= 11 is 0. The molecule has 21 heavy (non-hydrogen) atoms. The highest BCUT2D eigenvalue weighted by Crippen LogP contribution is 2.03. The first-order valence-corrected chi connectivity index (χ1v) is 7.36. The van der Waals surface area contributed by atoms with Crippen LogP contribution in [-0.4, -0.2) is 60.6 Å². The first-order valence-electron chi connectivity index (χ1n) is 7.36. The lowest BCUT2D eigenvalue weighted by atomic mass is 10.4. The van der Waals surface area contributed by atoms with Gasteiger partial charge in [0, 0.05) is 39.1 Å². The van der Waals surface area contributed by atoms with Crippen molar-refractivity contribution >= 4 is 29.9 Å². The number of nitrogens with one attached hydrogen (secondary N) is 1. The van der Waals surface area contributed by atoms with Crippen LogP contribution in [0.4, 0.5) is 0 Å². The van der Waals surface area contributed by atoms with Gasteiger partial charge in [0.15, 0.2) is 5.96 Å². The van der Waals surface area contributed by atoms with Gasteiger partial charge < -0.3 is 19.7 Å². The number of hydrogen-bond donors (Lipinski definition) is 1. The Balaban J connectivity index is 0.00000400. The third-order valence-corrected chi connectivity index (χ3v) is 3.43. The molecule has 0 unspecified atom stereocenters. The quantitative estimate of drug-likeness (QED) is 0.427. The zero-order chi connectivity index (χ0) is 15.0. The molecule has 1 rings (SSSR count). The van der Waals surface area contributed by atoms with Crippen LogP contribution >= 0.6 is 24.0 Å². The van der Waals surface area contributed by atoms with Gasteiger partial charge in [0.05, 0.1) is 13.1 Å². The molecule has 0 amide bonds. The molecule has 6 heteroatoms. The van der Waals surface area contributed by atoms with Gasteiger partial charge in [-0.25, -0.2) is 0 Å². The molecule has 5 nitrogen and oxygen atoms in total. The Morgan fingerprint density at radius 3 is 2.57 bits per heavy atom. The standard InChI is InChI=1S/C15H29N5.HI/c1-6-16-15(17-10-12-18(3)7-2)20(5)13-14-9-8-11-19(14)4;/h8-9,11H,6-7,10,12-13H2,1-5H3,(H,16,17);1H. The van der Waals surface area contributed by atoms with Crippen molar-refractivity contribution in [2.45, 2.75) is 20.4 Å². The highest BCUT2D eigenvalue weighted by molar-refractivity contribution is 14.0. The molecule has 1 heterocycles. The summed E-state index contributed by atoms with van der Waals surface area (Å²) in [6.45, 7) is 8.89. The van der Waals surface area contributed by atoms with Crippen LogP contribution in [0.1, 0.15) is 19.5 Å². The van der Waals surface area contributed by atoms with E-state index in [2.05, 4.69) is 73.0 Å². The Hall–Kier alpha value is -0.760. The van der Waals surface area contributed by atoms with Crippen molar-refractivity contribution in [3.8, 4) is 0 Å². The molecule has 0 bridgehead atoms. The van der Waals surface area contributed by atoms with E-state index in [-0.39, 0.29) is 24.0 Å². The van der Waals surface area contributed by atoms with Crippen molar-refractivity contribution < 1.29 is 0 Å². The Labute approximate surface area is 146 Å². The van der Waals surface area contributed by atoms with Crippen LogP contribution in [0.15, 0.2) is 23.3 Å². The van der Waals surface area contributed by atoms with E-state index in [4.69, 9.17) is 4.99 Å². The van der Waals surface area contributed by atoms with Crippen LogP contribution in [-0.2, 0) is 13.6 Å². The zero-order valence-electron chi connectivity index (χ0n) is 14.0. The number of aliphatic imine (C=N–C) groups is 1. The Morgan fingerprint density at radius 2 is 2.05 bits per heavy atom. The van der Waals surface area contributed by atoms with Crippen LogP contribution in [0.2, 0.25) is 0 Å². The maximum Gasteiger partial charge on any atom is 0.194 e. The van der Waals surface area contributed by atoms with Crippen LogP contribution in [0.5, 0.6) is 0 Å². The molecule has 0 aliphatic carbocycles. The molecular formula is C15H30IN5. The molecule has 0 aliphatic rings. The van der Waals surface area contributed by atoms with Crippen LogP contribution in [0.25, 0.3) is 0 Å². The van der Waals surface area contributed by atoms with E-state index in [1.807, 2.05) is 0 Å². The predicted molar refractivity (Wildman–Crippen MR) is 101 cm³/mol. The second-order valence-corrected chi connectivity index (χ2v) is 5.10. The third kappa shape index (κ3) is 7.17. The average Bonchev–Trinajstić information content (AvgIpc) is 2.83. The molecular weight excluding hydrogens is 377 g/mol. The summed E-state index contributed by atoms with van der Waals surface area (Å²) < 4.78 is 2.14. The topological polar surface area (TPSA) is 35.8 Å². The molecule has 0 atom stereocenters. The summed E-state index contributed by atoms with van der Waals surface area (Å²) in [5, 5.41) is 3.35. The van der Waals surface area contributed by atoms with Gasteiger partial charge in [-0.2, -0.15) is 0 Å². The summed E-state index contributed by atoms with van der Waals surface area (Å²) in [5.74, 6) is 0.971. The summed E-state index contributed by atoms with van der Waals surface area (Å²) in [4.78, 5) is 9.13. The van der Waals surface area contributed by atoms with Crippen molar-refractivity contribution in [3.05, 3.63) is 24.0 Å². The van der Waals surface area contributed by atoms with E-state index in [1.165, 1.54) is 5.69 Å². The van der Waals surface area contributed by atoms with E-state index in [1.54, 1.807) is 0 Å². The molecule has 0 radical (unpaired) electrons. The molecule has 0 aliphatic heterocycles. The number of halogens is 1. The summed E-state index contributed by atoms with van der Waals surface area (Å²) in [7, 11) is 6.28. The first-order chi connectivity index (χ1) is 9.58. The number of aryl methyl sites for hydroxylation is 1. The maximum absolute atomic E-state index is 4.69. The summed E-state index contributed by atoms with van der Waals surface area (Å²) in [6, 6.07) is 4.22. The van der Waals surface area contributed by atoms with Gasteiger partial charge in [0.1, 0.15) is 0 Å². The van der Waals surface area contributed by atoms with Crippen LogP contribution < -0.4 is 5.32 Å². The van der Waals surface area contributed by atoms with Crippen LogP contribution in [0, 0.1) is 0 Å². The fourth-order valence-corrected chi connectivity index (χ4v) is 1.93. The largest absolute Gasteiger partial charge is 0.357 e. The molecule has 0 spiro atoms. The lowest BCUT2D eigenvalue weighted by Gasteiger charge is -2.22. The molecule has 0 saturated heterocycles. The number of aromatic nitrogens is 1. The second-order valence-electron chi connectivity index (χ2n) is 5.10. The normalized spacial score (nSPS) is 11.4. The van der Waals surface area contributed by atoms with Gasteiger partial charge in [-0.05, 0) is 32.6 Å². The SMILES string of the molecule is CCNC(=NCCN(C)CC)N(C)Cc1cccn1C.I. The first kappa shape index (κ1) is 20.2. The van der Waals surface area contributed by atoms with Crippen molar-refractivity contribution in [3.63, 3.8) is 0 Å². The van der Waals surface area contributed by atoms with Gasteiger partial charge in [-0.3, -0.25) is 4.99 Å². The minimum absolute atomic E-state index is 0. The van der Waals surface area contributed by atoms with Crippen molar-refractivity contribution in [1.29, 1.82) is 0 Å². The van der Waals surface area contributed by atoms with Crippen LogP contribution in [0.3, 0.4) is 0 Å². The highest BCUT2D eigenvalue weighted by Gasteiger charge is 2.08. The maximum atomic E-state index is 4.69. The van der Waals surface area contributed by atoms with E-state index < -0.39 is 0 Å². The lowest BCUT2D eigenvalue weighted by Crippen LogP contribution is -2.39. The molecule has 122 valence electrons. The monoisotopic (exact) mass is 407 g/mol. The Kier molecular flexibility index (Phi) is 10.5.